The Morgan fingerprint density at radius 2 is 2.29 bits per heavy atom. The molecular weight excluding hydrogens is 290 g/mol. The number of halogens is 1. The molecule has 0 bridgehead atoms. The van der Waals surface area contributed by atoms with Gasteiger partial charge in [-0.2, -0.15) is 0 Å². The predicted molar refractivity (Wildman–Crippen MR) is 83.8 cm³/mol. The Balaban J connectivity index is 2.18. The molecule has 1 aromatic heterocycles. The molecule has 1 amide bonds. The van der Waals surface area contributed by atoms with Crippen LogP contribution in [0.3, 0.4) is 0 Å². The highest BCUT2D eigenvalue weighted by atomic mass is 35.5. The molecule has 116 valence electrons. The van der Waals surface area contributed by atoms with Crippen LogP contribution >= 0.6 is 11.6 Å². The van der Waals surface area contributed by atoms with Crippen LogP contribution in [0.1, 0.15) is 43.1 Å². The van der Waals surface area contributed by atoms with E-state index in [-0.39, 0.29) is 24.2 Å². The first-order chi connectivity index (χ1) is 10.2. The second kappa shape index (κ2) is 7.61. The van der Waals surface area contributed by atoms with Gasteiger partial charge in [0.1, 0.15) is 11.5 Å². The lowest BCUT2D eigenvalue weighted by molar-refractivity contribution is 0.0520. The Bertz CT molecular complexity index is 492. The number of pyridine rings is 1. The Kier molecular flexibility index (Phi) is 5.82. The first-order valence-electron chi connectivity index (χ1n) is 7.49. The molecule has 21 heavy (non-hydrogen) atoms. The molecule has 1 aliphatic carbocycles. The summed E-state index contributed by atoms with van der Waals surface area (Å²) in [6.07, 6.45) is 4.07. The molecule has 0 unspecified atom stereocenters. The van der Waals surface area contributed by atoms with Crippen molar-refractivity contribution >= 4 is 23.3 Å². The number of amides is 1. The predicted octanol–water partition coefficient (Wildman–Crippen LogP) is 2.54. The van der Waals surface area contributed by atoms with Crippen molar-refractivity contribution in [2.24, 2.45) is 0 Å². The monoisotopic (exact) mass is 311 g/mol. The fourth-order valence-corrected chi connectivity index (χ4v) is 2.52. The fourth-order valence-electron chi connectivity index (χ4n) is 2.34. The third-order valence-corrected chi connectivity index (χ3v) is 4.03. The van der Waals surface area contributed by atoms with Gasteiger partial charge >= 0.3 is 0 Å². The number of anilines is 1. The van der Waals surface area contributed by atoms with Crippen LogP contribution < -0.4 is 5.32 Å². The highest BCUT2D eigenvalue weighted by molar-refractivity contribution is 6.33. The average Bonchev–Trinajstić information content (AvgIpc) is 2.43. The number of nitrogens with one attached hydrogen (secondary N) is 1. The lowest BCUT2D eigenvalue weighted by Gasteiger charge is -2.37. The van der Waals surface area contributed by atoms with Crippen LogP contribution in [-0.4, -0.2) is 46.6 Å². The van der Waals surface area contributed by atoms with Gasteiger partial charge in [0, 0.05) is 19.1 Å². The summed E-state index contributed by atoms with van der Waals surface area (Å²) in [6, 6.07) is 3.67. The van der Waals surface area contributed by atoms with Gasteiger partial charge in [0.2, 0.25) is 0 Å². The molecule has 0 aliphatic heterocycles. The second-order valence-electron chi connectivity index (χ2n) is 5.26. The van der Waals surface area contributed by atoms with Crippen molar-refractivity contribution in [2.45, 2.75) is 38.6 Å². The van der Waals surface area contributed by atoms with E-state index in [2.05, 4.69) is 17.2 Å². The van der Waals surface area contributed by atoms with Crippen molar-refractivity contribution in [2.75, 3.05) is 25.0 Å². The molecule has 0 saturated heterocycles. The Labute approximate surface area is 130 Å². The normalized spacial score (nSPS) is 14.6. The molecule has 0 radical (unpaired) electrons. The summed E-state index contributed by atoms with van der Waals surface area (Å²) in [5.41, 5.74) is 0.262. The minimum absolute atomic E-state index is 0.0480. The number of aromatic nitrogens is 1. The maximum Gasteiger partial charge on any atom is 0.274 e. The van der Waals surface area contributed by atoms with E-state index in [1.54, 1.807) is 17.0 Å². The summed E-state index contributed by atoms with van der Waals surface area (Å²) in [5, 5.41) is 12.7. The van der Waals surface area contributed by atoms with Crippen molar-refractivity contribution in [1.29, 1.82) is 0 Å². The van der Waals surface area contributed by atoms with Crippen LogP contribution in [0.2, 0.25) is 5.02 Å². The van der Waals surface area contributed by atoms with Crippen LogP contribution in [0.5, 0.6) is 0 Å². The fraction of sp³-hybridized carbons (Fsp3) is 0.600. The van der Waals surface area contributed by atoms with E-state index in [0.29, 0.717) is 17.4 Å². The number of carbonyl (C=O) groups is 1. The zero-order chi connectivity index (χ0) is 15.2. The average molecular weight is 312 g/mol. The lowest BCUT2D eigenvalue weighted by atomic mass is 9.91. The number of aliphatic hydroxyl groups excluding tert-OH is 1. The van der Waals surface area contributed by atoms with Crippen molar-refractivity contribution in [1.82, 2.24) is 9.88 Å². The van der Waals surface area contributed by atoms with Gasteiger partial charge in [0.05, 0.1) is 11.6 Å². The van der Waals surface area contributed by atoms with Crippen LogP contribution in [0.15, 0.2) is 12.1 Å². The summed E-state index contributed by atoms with van der Waals surface area (Å²) >= 11 is 6.13. The zero-order valence-electron chi connectivity index (χ0n) is 12.3. The maximum absolute atomic E-state index is 12.7. The molecule has 1 aliphatic rings. The Morgan fingerprint density at radius 1 is 1.52 bits per heavy atom. The van der Waals surface area contributed by atoms with E-state index in [4.69, 9.17) is 11.6 Å². The highest BCUT2D eigenvalue weighted by Gasteiger charge is 2.30. The third kappa shape index (κ3) is 3.86. The van der Waals surface area contributed by atoms with Crippen molar-refractivity contribution in [3.05, 3.63) is 22.8 Å². The molecule has 5 nitrogen and oxygen atoms in total. The Morgan fingerprint density at radius 3 is 2.86 bits per heavy atom. The van der Waals surface area contributed by atoms with Gasteiger partial charge in [-0.1, -0.05) is 18.5 Å². The highest BCUT2D eigenvalue weighted by Crippen LogP contribution is 2.27. The summed E-state index contributed by atoms with van der Waals surface area (Å²) in [5.74, 6) is 0.459. The first kappa shape index (κ1) is 16.0. The molecule has 1 aromatic rings. The maximum atomic E-state index is 12.7. The summed E-state index contributed by atoms with van der Waals surface area (Å²) in [4.78, 5) is 18.7. The number of hydrogen-bond acceptors (Lipinski definition) is 4. The van der Waals surface area contributed by atoms with Gasteiger partial charge in [-0.3, -0.25) is 4.79 Å². The molecule has 2 N–H and O–H groups in total. The number of rotatable bonds is 7. The van der Waals surface area contributed by atoms with Crippen LogP contribution in [0.4, 0.5) is 5.82 Å². The topological polar surface area (TPSA) is 65.5 Å². The van der Waals surface area contributed by atoms with Gasteiger partial charge in [-0.05, 0) is 37.8 Å². The van der Waals surface area contributed by atoms with Crippen LogP contribution in [0, 0.1) is 0 Å². The molecule has 0 aromatic carbocycles. The van der Waals surface area contributed by atoms with Gasteiger partial charge < -0.3 is 15.3 Å². The number of hydrogen-bond donors (Lipinski definition) is 2. The van der Waals surface area contributed by atoms with E-state index >= 15 is 0 Å². The van der Waals surface area contributed by atoms with Gasteiger partial charge in [-0.15, -0.1) is 0 Å². The first-order valence-corrected chi connectivity index (χ1v) is 7.87. The molecule has 1 fully saturated rings. The van der Waals surface area contributed by atoms with Crippen LogP contribution in [-0.2, 0) is 0 Å². The smallest absolute Gasteiger partial charge is 0.274 e. The molecule has 1 saturated carbocycles. The van der Waals surface area contributed by atoms with Gasteiger partial charge in [-0.25, -0.2) is 4.98 Å². The van der Waals surface area contributed by atoms with Gasteiger partial charge in [0.15, 0.2) is 0 Å². The second-order valence-corrected chi connectivity index (χ2v) is 5.67. The Hall–Kier alpha value is -1.33. The van der Waals surface area contributed by atoms with Crippen molar-refractivity contribution in [3.8, 4) is 0 Å². The molecule has 0 atom stereocenters. The molecule has 2 rings (SSSR count). The van der Waals surface area contributed by atoms with Crippen molar-refractivity contribution in [3.63, 3.8) is 0 Å². The SMILES string of the molecule is CCCNc1ccc(Cl)c(C(=O)N(CCO)C2CCC2)n1. The minimum atomic E-state index is -0.195. The third-order valence-electron chi connectivity index (χ3n) is 3.72. The number of carbonyl (C=O) groups excluding carboxylic acids is 1. The van der Waals surface area contributed by atoms with E-state index in [0.717, 1.165) is 32.2 Å². The van der Waals surface area contributed by atoms with Gasteiger partial charge in [0.25, 0.3) is 5.91 Å². The standard InChI is InChI=1S/C15H22ClN3O2/c1-2-8-17-13-7-6-12(16)14(18-13)15(21)19(9-10-20)11-4-3-5-11/h6-7,11,20H,2-5,8-10H2,1H3,(H,17,18). The zero-order valence-corrected chi connectivity index (χ0v) is 13.1. The van der Waals surface area contributed by atoms with Crippen molar-refractivity contribution < 1.29 is 9.90 Å². The molecule has 1 heterocycles. The lowest BCUT2D eigenvalue weighted by Crippen LogP contribution is -2.46. The summed E-state index contributed by atoms with van der Waals surface area (Å²) < 4.78 is 0. The number of aliphatic hydroxyl groups is 1. The molecule has 6 heteroatoms. The number of nitrogens with zero attached hydrogens (tertiary/aromatic N) is 2. The quantitative estimate of drug-likeness (QED) is 0.812. The summed E-state index contributed by atoms with van der Waals surface area (Å²) in [7, 11) is 0. The minimum Gasteiger partial charge on any atom is -0.395 e. The molecular formula is C15H22ClN3O2. The largest absolute Gasteiger partial charge is 0.395 e. The van der Waals surface area contributed by atoms with E-state index in [9.17, 15) is 9.90 Å². The van der Waals surface area contributed by atoms with E-state index in [1.165, 1.54) is 0 Å². The molecule has 0 spiro atoms. The summed E-state index contributed by atoms with van der Waals surface area (Å²) in [6.45, 7) is 3.14. The van der Waals surface area contributed by atoms with Crippen LogP contribution in [0.25, 0.3) is 0 Å². The van der Waals surface area contributed by atoms with E-state index < -0.39 is 0 Å². The van der Waals surface area contributed by atoms with E-state index in [1.807, 2.05) is 0 Å².